The van der Waals surface area contributed by atoms with Crippen LogP contribution in [0.3, 0.4) is 0 Å². The quantitative estimate of drug-likeness (QED) is 0.682. The summed E-state index contributed by atoms with van der Waals surface area (Å²) in [5, 5.41) is 18.1. The standard InChI is InChI=1S/C20H16N4O2/c1-24-19(15-5-3-2-4-6-15)22-23-20(24)16(13-21)11-14-7-8-17-18(12-14)26-10-9-25-17/h2-8,11-12H,9-10H2,1H3/b16-11-. The van der Waals surface area contributed by atoms with Crippen molar-refractivity contribution in [2.75, 3.05) is 13.2 Å². The molecule has 1 aromatic heterocycles. The van der Waals surface area contributed by atoms with Crippen LogP contribution in [0.15, 0.2) is 48.5 Å². The molecule has 3 aromatic rings. The lowest BCUT2D eigenvalue weighted by atomic mass is 10.1. The minimum atomic E-state index is 0.429. The van der Waals surface area contributed by atoms with Gasteiger partial charge in [-0.3, -0.25) is 0 Å². The maximum Gasteiger partial charge on any atom is 0.174 e. The van der Waals surface area contributed by atoms with Crippen molar-refractivity contribution in [1.29, 1.82) is 5.26 Å². The Morgan fingerprint density at radius 3 is 2.62 bits per heavy atom. The molecular weight excluding hydrogens is 328 g/mol. The number of aromatic nitrogens is 3. The lowest BCUT2D eigenvalue weighted by Gasteiger charge is -2.18. The third-order valence-electron chi connectivity index (χ3n) is 4.15. The number of allylic oxidation sites excluding steroid dienone is 1. The Bertz CT molecular complexity index is 1020. The van der Waals surface area contributed by atoms with E-state index in [1.807, 2.05) is 60.1 Å². The largest absolute Gasteiger partial charge is 0.486 e. The highest BCUT2D eigenvalue weighted by Gasteiger charge is 2.15. The first-order chi connectivity index (χ1) is 12.8. The van der Waals surface area contributed by atoms with Gasteiger partial charge in [-0.15, -0.1) is 10.2 Å². The number of nitrogens with zero attached hydrogens (tertiary/aromatic N) is 4. The first-order valence-electron chi connectivity index (χ1n) is 8.23. The zero-order valence-corrected chi connectivity index (χ0v) is 14.2. The average molecular weight is 344 g/mol. The van der Waals surface area contributed by atoms with Crippen LogP contribution in [0.25, 0.3) is 23.0 Å². The monoisotopic (exact) mass is 344 g/mol. The van der Waals surface area contributed by atoms with Crippen molar-refractivity contribution in [3.05, 3.63) is 59.9 Å². The summed E-state index contributed by atoms with van der Waals surface area (Å²) in [6.45, 7) is 1.07. The molecule has 0 saturated carbocycles. The Labute approximate surface area is 150 Å². The van der Waals surface area contributed by atoms with Gasteiger partial charge in [0.2, 0.25) is 0 Å². The number of fused-ring (bicyclic) bond motifs is 1. The molecule has 0 saturated heterocycles. The van der Waals surface area contributed by atoms with Gasteiger partial charge in [0.1, 0.15) is 19.3 Å². The summed E-state index contributed by atoms with van der Waals surface area (Å²) in [5.41, 5.74) is 2.22. The van der Waals surface area contributed by atoms with Crippen LogP contribution in [0.1, 0.15) is 11.4 Å². The van der Waals surface area contributed by atoms with Crippen molar-refractivity contribution in [2.24, 2.45) is 7.05 Å². The van der Waals surface area contributed by atoms with Gasteiger partial charge in [0, 0.05) is 12.6 Å². The van der Waals surface area contributed by atoms with Gasteiger partial charge < -0.3 is 14.0 Å². The molecule has 0 radical (unpaired) electrons. The summed E-state index contributed by atoms with van der Waals surface area (Å²) >= 11 is 0. The molecule has 6 nitrogen and oxygen atoms in total. The number of rotatable bonds is 3. The second-order valence-electron chi connectivity index (χ2n) is 5.85. The molecule has 0 fully saturated rings. The van der Waals surface area contributed by atoms with E-state index in [-0.39, 0.29) is 0 Å². The van der Waals surface area contributed by atoms with Gasteiger partial charge in [-0.05, 0) is 23.8 Å². The molecule has 2 aromatic carbocycles. The fourth-order valence-corrected chi connectivity index (χ4v) is 2.87. The van der Waals surface area contributed by atoms with E-state index in [9.17, 15) is 5.26 Å². The van der Waals surface area contributed by atoms with E-state index in [4.69, 9.17) is 9.47 Å². The number of benzene rings is 2. The summed E-state index contributed by atoms with van der Waals surface area (Å²) in [5.74, 6) is 2.63. The second-order valence-corrected chi connectivity index (χ2v) is 5.85. The zero-order chi connectivity index (χ0) is 17.9. The third kappa shape index (κ3) is 2.91. The van der Waals surface area contributed by atoms with Gasteiger partial charge in [0.05, 0.1) is 5.57 Å². The van der Waals surface area contributed by atoms with Gasteiger partial charge in [0.15, 0.2) is 23.1 Å². The normalized spacial score (nSPS) is 13.3. The van der Waals surface area contributed by atoms with Crippen molar-refractivity contribution in [2.45, 2.75) is 0 Å². The van der Waals surface area contributed by atoms with Crippen molar-refractivity contribution in [3.8, 4) is 29.0 Å². The van der Waals surface area contributed by atoms with Gasteiger partial charge in [-0.1, -0.05) is 36.4 Å². The van der Waals surface area contributed by atoms with E-state index in [2.05, 4.69) is 16.3 Å². The lowest BCUT2D eigenvalue weighted by molar-refractivity contribution is 0.171. The summed E-state index contributed by atoms with van der Waals surface area (Å²) in [4.78, 5) is 0. The Hall–Kier alpha value is -3.59. The molecule has 1 aliphatic heterocycles. The molecule has 0 bridgehead atoms. The maximum atomic E-state index is 9.63. The van der Waals surface area contributed by atoms with E-state index in [1.54, 1.807) is 6.08 Å². The van der Waals surface area contributed by atoms with Crippen LogP contribution in [-0.2, 0) is 7.05 Å². The van der Waals surface area contributed by atoms with Crippen LogP contribution in [0.5, 0.6) is 11.5 Å². The molecule has 0 aliphatic carbocycles. The van der Waals surface area contributed by atoms with Crippen LogP contribution >= 0.6 is 0 Å². The molecule has 0 unspecified atom stereocenters. The van der Waals surface area contributed by atoms with Crippen LogP contribution < -0.4 is 9.47 Å². The predicted molar refractivity (Wildman–Crippen MR) is 97.4 cm³/mol. The topological polar surface area (TPSA) is 73.0 Å². The molecule has 2 heterocycles. The van der Waals surface area contributed by atoms with E-state index < -0.39 is 0 Å². The highest BCUT2D eigenvalue weighted by molar-refractivity contribution is 5.88. The highest BCUT2D eigenvalue weighted by Crippen LogP contribution is 2.32. The van der Waals surface area contributed by atoms with E-state index in [0.717, 1.165) is 16.9 Å². The van der Waals surface area contributed by atoms with Gasteiger partial charge in [-0.25, -0.2) is 0 Å². The van der Waals surface area contributed by atoms with Gasteiger partial charge >= 0.3 is 0 Å². The van der Waals surface area contributed by atoms with Gasteiger partial charge in [0.25, 0.3) is 0 Å². The first-order valence-corrected chi connectivity index (χ1v) is 8.23. The molecular formula is C20H16N4O2. The Morgan fingerprint density at radius 2 is 1.85 bits per heavy atom. The minimum Gasteiger partial charge on any atom is -0.486 e. The molecule has 128 valence electrons. The summed E-state index contributed by atoms with van der Waals surface area (Å²) in [6.07, 6.45) is 1.77. The number of ether oxygens (including phenoxy) is 2. The zero-order valence-electron chi connectivity index (χ0n) is 14.2. The van der Waals surface area contributed by atoms with Crippen LogP contribution in [-0.4, -0.2) is 28.0 Å². The van der Waals surface area contributed by atoms with Crippen molar-refractivity contribution >= 4 is 11.6 Å². The predicted octanol–water partition coefficient (Wildman–Crippen LogP) is 3.32. The highest BCUT2D eigenvalue weighted by atomic mass is 16.6. The number of hydrogen-bond donors (Lipinski definition) is 0. The lowest BCUT2D eigenvalue weighted by Crippen LogP contribution is -2.15. The maximum absolute atomic E-state index is 9.63. The Kier molecular flexibility index (Phi) is 4.12. The molecule has 0 N–H and O–H groups in total. The molecule has 6 heteroatoms. The van der Waals surface area contributed by atoms with E-state index in [1.165, 1.54) is 0 Å². The molecule has 26 heavy (non-hydrogen) atoms. The molecule has 0 atom stereocenters. The SMILES string of the molecule is Cn1c(/C(C#N)=C\c2ccc3c(c2)OCCO3)nnc1-c1ccccc1. The average Bonchev–Trinajstić information content (AvgIpc) is 3.08. The summed E-state index contributed by atoms with van der Waals surface area (Å²) in [6, 6.07) is 17.6. The van der Waals surface area contributed by atoms with Crippen LogP contribution in [0.4, 0.5) is 0 Å². The van der Waals surface area contributed by atoms with Crippen LogP contribution in [0, 0.1) is 11.3 Å². The Morgan fingerprint density at radius 1 is 1.08 bits per heavy atom. The third-order valence-corrected chi connectivity index (χ3v) is 4.15. The van der Waals surface area contributed by atoms with Crippen LogP contribution in [0.2, 0.25) is 0 Å². The molecule has 1 aliphatic rings. The number of nitriles is 1. The second kappa shape index (κ2) is 6.73. The van der Waals surface area contributed by atoms with E-state index >= 15 is 0 Å². The van der Waals surface area contributed by atoms with Crippen molar-refractivity contribution < 1.29 is 9.47 Å². The molecule has 4 rings (SSSR count). The number of hydrogen-bond acceptors (Lipinski definition) is 5. The smallest absolute Gasteiger partial charge is 0.174 e. The van der Waals surface area contributed by atoms with Gasteiger partial charge in [-0.2, -0.15) is 5.26 Å². The van der Waals surface area contributed by atoms with Crippen molar-refractivity contribution in [3.63, 3.8) is 0 Å². The fourth-order valence-electron chi connectivity index (χ4n) is 2.87. The molecule has 0 amide bonds. The summed E-state index contributed by atoms with van der Waals surface area (Å²) in [7, 11) is 1.85. The fraction of sp³-hybridized carbons (Fsp3) is 0.150. The molecule has 0 spiro atoms. The summed E-state index contributed by atoms with van der Waals surface area (Å²) < 4.78 is 13.0. The first kappa shape index (κ1) is 15.9. The Balaban J connectivity index is 1.71. The minimum absolute atomic E-state index is 0.429. The van der Waals surface area contributed by atoms with Crippen molar-refractivity contribution in [1.82, 2.24) is 14.8 Å². The van der Waals surface area contributed by atoms with E-state index in [0.29, 0.717) is 36.2 Å².